The maximum atomic E-state index is 13.2. The third-order valence-corrected chi connectivity index (χ3v) is 2.47. The van der Waals surface area contributed by atoms with Crippen LogP contribution in [0.1, 0.15) is 5.56 Å². The van der Waals surface area contributed by atoms with E-state index in [1.807, 2.05) is 6.07 Å². The molecule has 1 heterocycles. The monoisotopic (exact) mass is 231 g/mol. The molecule has 5 heteroatoms. The summed E-state index contributed by atoms with van der Waals surface area (Å²) in [5.74, 6) is 0.347. The third-order valence-electron chi connectivity index (χ3n) is 2.47. The number of aromatic amines is 1. The first-order valence-electron chi connectivity index (χ1n) is 4.88. The second kappa shape index (κ2) is 4.18. The van der Waals surface area contributed by atoms with E-state index in [0.717, 1.165) is 0 Å². The normalized spacial score (nSPS) is 9.94. The molecule has 3 N–H and O–H groups in total. The molecule has 0 saturated carbocycles. The number of methoxy groups -OCH3 is 1. The molecule has 0 unspecified atom stereocenters. The fraction of sp³-hybridized carbons (Fsp3) is 0.0833. The molecule has 0 bridgehead atoms. The Morgan fingerprint density at radius 3 is 2.82 bits per heavy atom. The second-order valence-corrected chi connectivity index (χ2v) is 3.45. The Kier molecular flexibility index (Phi) is 2.71. The molecule has 0 aliphatic rings. The molecule has 2 aromatic rings. The maximum Gasteiger partial charge on any atom is 0.126 e. The van der Waals surface area contributed by atoms with Crippen LogP contribution >= 0.6 is 0 Å². The van der Waals surface area contributed by atoms with E-state index in [2.05, 4.69) is 4.98 Å². The number of nitriles is 1. The van der Waals surface area contributed by atoms with E-state index < -0.39 is 5.82 Å². The van der Waals surface area contributed by atoms with Crippen LogP contribution in [-0.4, -0.2) is 12.1 Å². The molecule has 4 nitrogen and oxygen atoms in total. The van der Waals surface area contributed by atoms with Crippen LogP contribution in [0.4, 0.5) is 10.2 Å². The van der Waals surface area contributed by atoms with E-state index in [1.165, 1.54) is 25.3 Å². The SMILES string of the molecule is COc1ccc(F)cc1-c1c[nH]c(N)c1C#N. The predicted octanol–water partition coefficient (Wildman–Crippen LogP) is 2.28. The summed E-state index contributed by atoms with van der Waals surface area (Å²) in [4.78, 5) is 2.73. The van der Waals surface area contributed by atoms with Crippen LogP contribution in [-0.2, 0) is 0 Å². The number of benzene rings is 1. The van der Waals surface area contributed by atoms with Gasteiger partial charge in [-0.3, -0.25) is 0 Å². The summed E-state index contributed by atoms with van der Waals surface area (Å²) >= 11 is 0. The molecule has 0 radical (unpaired) electrons. The van der Waals surface area contributed by atoms with E-state index in [9.17, 15) is 4.39 Å². The number of H-pyrrole nitrogens is 1. The third kappa shape index (κ3) is 1.81. The second-order valence-electron chi connectivity index (χ2n) is 3.45. The fourth-order valence-electron chi connectivity index (χ4n) is 1.66. The van der Waals surface area contributed by atoms with Crippen molar-refractivity contribution < 1.29 is 9.13 Å². The quantitative estimate of drug-likeness (QED) is 0.832. The lowest BCUT2D eigenvalue weighted by molar-refractivity contribution is 0.415. The van der Waals surface area contributed by atoms with Crippen molar-refractivity contribution in [1.29, 1.82) is 5.26 Å². The van der Waals surface area contributed by atoms with Crippen molar-refractivity contribution >= 4 is 5.82 Å². The summed E-state index contributed by atoms with van der Waals surface area (Å²) in [7, 11) is 1.48. The van der Waals surface area contributed by atoms with Crippen molar-refractivity contribution in [3.8, 4) is 22.9 Å². The van der Waals surface area contributed by atoms with Gasteiger partial charge in [-0.15, -0.1) is 0 Å². The van der Waals surface area contributed by atoms with Crippen molar-refractivity contribution in [1.82, 2.24) is 4.98 Å². The molecular weight excluding hydrogens is 221 g/mol. The fourth-order valence-corrected chi connectivity index (χ4v) is 1.66. The lowest BCUT2D eigenvalue weighted by Gasteiger charge is -2.07. The summed E-state index contributed by atoms with van der Waals surface area (Å²) in [5, 5.41) is 9.00. The first kappa shape index (κ1) is 11.0. The number of nitrogens with zero attached hydrogens (tertiary/aromatic N) is 1. The first-order chi connectivity index (χ1) is 8.17. The lowest BCUT2D eigenvalue weighted by atomic mass is 10.0. The maximum absolute atomic E-state index is 13.2. The van der Waals surface area contributed by atoms with Crippen LogP contribution in [0, 0.1) is 17.1 Å². The van der Waals surface area contributed by atoms with Crippen LogP contribution in [0.15, 0.2) is 24.4 Å². The minimum atomic E-state index is -0.399. The van der Waals surface area contributed by atoms with Crippen LogP contribution in [0.5, 0.6) is 5.75 Å². The Balaban J connectivity index is 2.68. The Hall–Kier alpha value is -2.48. The predicted molar refractivity (Wildman–Crippen MR) is 61.9 cm³/mol. The van der Waals surface area contributed by atoms with Gasteiger partial charge < -0.3 is 15.5 Å². The zero-order chi connectivity index (χ0) is 12.4. The molecule has 1 aromatic carbocycles. The van der Waals surface area contributed by atoms with Crippen molar-refractivity contribution in [3.63, 3.8) is 0 Å². The van der Waals surface area contributed by atoms with Crippen LogP contribution in [0.3, 0.4) is 0 Å². The summed E-state index contributed by atoms with van der Waals surface area (Å²) in [6.07, 6.45) is 1.56. The van der Waals surface area contributed by atoms with Gasteiger partial charge in [-0.1, -0.05) is 0 Å². The van der Waals surface area contributed by atoms with Gasteiger partial charge in [-0.25, -0.2) is 4.39 Å². The van der Waals surface area contributed by atoms with E-state index in [4.69, 9.17) is 15.7 Å². The summed E-state index contributed by atoms with van der Waals surface area (Å²) < 4.78 is 18.4. The molecule has 2 rings (SSSR count). The van der Waals surface area contributed by atoms with Crippen LogP contribution in [0.25, 0.3) is 11.1 Å². The topological polar surface area (TPSA) is 74.8 Å². The highest BCUT2D eigenvalue weighted by Gasteiger charge is 2.15. The summed E-state index contributed by atoms with van der Waals surface area (Å²) in [6.45, 7) is 0. The summed E-state index contributed by atoms with van der Waals surface area (Å²) in [6, 6.07) is 6.09. The van der Waals surface area contributed by atoms with Crippen LogP contribution < -0.4 is 10.5 Å². The van der Waals surface area contributed by atoms with Crippen molar-refractivity contribution in [3.05, 3.63) is 35.8 Å². The minimum Gasteiger partial charge on any atom is -0.496 e. The molecule has 86 valence electrons. The molecule has 17 heavy (non-hydrogen) atoms. The number of nitrogen functional groups attached to an aromatic ring is 1. The number of nitrogens with two attached hydrogens (primary N) is 1. The molecule has 0 fully saturated rings. The lowest BCUT2D eigenvalue weighted by Crippen LogP contribution is -1.91. The van der Waals surface area contributed by atoms with Gasteiger partial charge >= 0.3 is 0 Å². The number of anilines is 1. The van der Waals surface area contributed by atoms with E-state index in [-0.39, 0.29) is 11.4 Å². The largest absolute Gasteiger partial charge is 0.496 e. The zero-order valence-electron chi connectivity index (χ0n) is 9.12. The van der Waals surface area contributed by atoms with E-state index >= 15 is 0 Å². The summed E-state index contributed by atoms with van der Waals surface area (Å²) in [5.41, 5.74) is 6.92. The molecule has 0 amide bonds. The molecule has 0 aliphatic heterocycles. The van der Waals surface area contributed by atoms with Crippen molar-refractivity contribution in [2.75, 3.05) is 12.8 Å². The van der Waals surface area contributed by atoms with Gasteiger partial charge in [0, 0.05) is 17.3 Å². The minimum absolute atomic E-state index is 0.258. The van der Waals surface area contributed by atoms with Gasteiger partial charge in [0.2, 0.25) is 0 Å². The van der Waals surface area contributed by atoms with Crippen molar-refractivity contribution in [2.24, 2.45) is 0 Å². The van der Waals surface area contributed by atoms with Gasteiger partial charge in [0.05, 0.1) is 7.11 Å². The first-order valence-corrected chi connectivity index (χ1v) is 4.88. The molecule has 0 aliphatic carbocycles. The van der Waals surface area contributed by atoms with Crippen molar-refractivity contribution in [2.45, 2.75) is 0 Å². The zero-order valence-corrected chi connectivity index (χ0v) is 9.12. The van der Waals surface area contributed by atoms with E-state index in [0.29, 0.717) is 16.9 Å². The van der Waals surface area contributed by atoms with E-state index in [1.54, 1.807) is 6.20 Å². The smallest absolute Gasteiger partial charge is 0.126 e. The number of nitrogens with one attached hydrogen (secondary N) is 1. The molecule has 1 aromatic heterocycles. The Labute approximate surface area is 97.4 Å². The number of rotatable bonds is 2. The molecule has 0 saturated heterocycles. The molecular formula is C12H10FN3O. The average Bonchev–Trinajstić information content (AvgIpc) is 2.70. The standard InChI is InChI=1S/C12H10FN3O/c1-17-11-3-2-7(13)4-8(11)10-6-16-12(15)9(10)5-14/h2-4,6,16H,15H2,1H3. The number of aromatic nitrogens is 1. The highest BCUT2D eigenvalue weighted by Crippen LogP contribution is 2.34. The number of hydrogen-bond donors (Lipinski definition) is 2. The Bertz CT molecular complexity index is 598. The van der Waals surface area contributed by atoms with Crippen LogP contribution in [0.2, 0.25) is 0 Å². The Morgan fingerprint density at radius 1 is 1.41 bits per heavy atom. The van der Waals surface area contributed by atoms with Gasteiger partial charge in [-0.05, 0) is 18.2 Å². The highest BCUT2D eigenvalue weighted by atomic mass is 19.1. The number of ether oxygens (including phenoxy) is 1. The van der Waals surface area contributed by atoms with Gasteiger partial charge in [0.15, 0.2) is 0 Å². The van der Waals surface area contributed by atoms with Gasteiger partial charge in [0.1, 0.15) is 29.0 Å². The average molecular weight is 231 g/mol. The molecule has 0 spiro atoms. The van der Waals surface area contributed by atoms with Gasteiger partial charge in [0.25, 0.3) is 0 Å². The Morgan fingerprint density at radius 2 is 2.18 bits per heavy atom. The van der Waals surface area contributed by atoms with Gasteiger partial charge in [-0.2, -0.15) is 5.26 Å². The number of halogens is 1. The highest BCUT2D eigenvalue weighted by molar-refractivity contribution is 5.79. The number of hydrogen-bond acceptors (Lipinski definition) is 3. The molecule has 0 atom stereocenters.